The van der Waals surface area contributed by atoms with Crippen LogP contribution in [0.3, 0.4) is 0 Å². The van der Waals surface area contributed by atoms with Crippen LogP contribution in [-0.2, 0) is 11.8 Å². The maximum atomic E-state index is 15.6. The van der Waals surface area contributed by atoms with E-state index in [-0.39, 0.29) is 51.0 Å². The Morgan fingerprint density at radius 2 is 1.62 bits per heavy atom. The van der Waals surface area contributed by atoms with Gasteiger partial charge >= 0.3 is 0 Å². The average Bonchev–Trinajstić information content (AvgIpc) is 3.90. The molecule has 7 rings (SSSR count). The fourth-order valence-corrected chi connectivity index (χ4v) is 7.34. The topological polar surface area (TPSA) is 134 Å². The number of H-pyrrole nitrogens is 1. The SMILES string of the molecule is Cc1nn(-c2cn[nH]c2)cc1-c1ccc(-c2cnc(C(=O)Nc3ccc(C(=O)N4CCN(C(=O)C5CC[N+](C)(C)CC5)CC4)c(Cl)c3)n2C)c(F)c1F. The standard InChI is InChI=1S/C37H39ClF2N10O3/c1-22-29(21-49(45-22)25-18-42-43-19-25)26-7-8-28(33(40)32(26)39)31-20-41-34(46(31)2)35(51)44-24-5-6-27(30(38)17-24)37(53)48-13-11-47(12-14-48)36(52)23-9-15-50(3,4)16-10-23/h5-8,17-21,23H,9-16H2,1-4H3,(H-,42,43,44,51,53)/p+1. The van der Waals surface area contributed by atoms with Crippen LogP contribution in [0.25, 0.3) is 28.1 Å². The summed E-state index contributed by atoms with van der Waals surface area (Å²) in [7, 11) is 5.90. The molecule has 5 heterocycles. The first kappa shape index (κ1) is 36.0. The van der Waals surface area contributed by atoms with Gasteiger partial charge in [0.15, 0.2) is 17.5 Å². The third kappa shape index (κ3) is 7.05. The molecule has 0 radical (unpaired) electrons. The minimum atomic E-state index is -1.10. The van der Waals surface area contributed by atoms with Crippen molar-refractivity contribution in [3.63, 3.8) is 0 Å². The summed E-state index contributed by atoms with van der Waals surface area (Å²) in [6.07, 6.45) is 7.83. The smallest absolute Gasteiger partial charge is 0.291 e. The number of rotatable bonds is 7. The highest BCUT2D eigenvalue weighted by Gasteiger charge is 2.35. The molecular formula is C37H40ClF2N10O3+. The second kappa shape index (κ2) is 14.2. The first-order valence-electron chi connectivity index (χ1n) is 17.4. The number of likely N-dealkylation sites (tertiary alicyclic amines) is 1. The Labute approximate surface area is 309 Å². The molecule has 3 aromatic heterocycles. The number of amides is 3. The number of imidazole rings is 1. The van der Waals surface area contributed by atoms with Crippen molar-refractivity contribution >= 4 is 35.0 Å². The average molecular weight is 746 g/mol. The van der Waals surface area contributed by atoms with Gasteiger partial charge in [0.2, 0.25) is 5.91 Å². The van der Waals surface area contributed by atoms with Crippen molar-refractivity contribution in [2.24, 2.45) is 13.0 Å². The molecule has 0 aliphatic carbocycles. The molecule has 0 unspecified atom stereocenters. The first-order chi connectivity index (χ1) is 25.3. The molecule has 3 amide bonds. The maximum absolute atomic E-state index is 15.6. The Kier molecular flexibility index (Phi) is 9.63. The summed E-state index contributed by atoms with van der Waals surface area (Å²) in [5.74, 6) is -2.88. The lowest BCUT2D eigenvalue weighted by Crippen LogP contribution is -2.54. The number of nitrogens with zero attached hydrogens (tertiary/aromatic N) is 8. The van der Waals surface area contributed by atoms with Gasteiger partial charge in [-0.25, -0.2) is 18.4 Å². The van der Waals surface area contributed by atoms with E-state index in [1.807, 2.05) is 4.90 Å². The minimum Gasteiger partial charge on any atom is -0.339 e. The van der Waals surface area contributed by atoms with Crippen LogP contribution in [0.1, 0.15) is 39.5 Å². The van der Waals surface area contributed by atoms with Crippen LogP contribution >= 0.6 is 11.6 Å². The van der Waals surface area contributed by atoms with Crippen molar-refractivity contribution in [3.05, 3.63) is 88.9 Å². The van der Waals surface area contributed by atoms with Crippen LogP contribution in [0.2, 0.25) is 5.02 Å². The van der Waals surface area contributed by atoms with Gasteiger partial charge in [0.1, 0.15) is 5.69 Å². The molecule has 2 aromatic carbocycles. The number of nitrogens with one attached hydrogen (secondary N) is 2. The largest absolute Gasteiger partial charge is 0.339 e. The van der Waals surface area contributed by atoms with Gasteiger partial charge in [0.05, 0.1) is 61.6 Å². The fraction of sp³-hybridized carbons (Fsp3) is 0.351. The Morgan fingerprint density at radius 1 is 0.943 bits per heavy atom. The predicted octanol–water partition coefficient (Wildman–Crippen LogP) is 4.93. The van der Waals surface area contributed by atoms with E-state index in [4.69, 9.17) is 11.6 Å². The number of hydrogen-bond donors (Lipinski definition) is 2. The van der Waals surface area contributed by atoms with Gasteiger partial charge in [-0.2, -0.15) is 10.2 Å². The number of piperazine rings is 1. The highest BCUT2D eigenvalue weighted by molar-refractivity contribution is 6.34. The quantitative estimate of drug-likeness (QED) is 0.227. The second-order valence-electron chi connectivity index (χ2n) is 14.3. The molecule has 276 valence electrons. The van der Waals surface area contributed by atoms with Crippen LogP contribution in [0.5, 0.6) is 0 Å². The van der Waals surface area contributed by atoms with E-state index in [0.29, 0.717) is 48.8 Å². The van der Waals surface area contributed by atoms with Crippen molar-refractivity contribution in [3.8, 4) is 28.1 Å². The van der Waals surface area contributed by atoms with Crippen molar-refractivity contribution < 1.29 is 27.6 Å². The summed E-state index contributed by atoms with van der Waals surface area (Å²) in [4.78, 5) is 47.6. The van der Waals surface area contributed by atoms with Gasteiger partial charge in [-0.1, -0.05) is 17.7 Å². The fourth-order valence-electron chi connectivity index (χ4n) is 7.08. The summed E-state index contributed by atoms with van der Waals surface area (Å²) in [6.45, 7) is 5.39. The number of hydrogen-bond acceptors (Lipinski definition) is 6. The molecule has 0 saturated carbocycles. The van der Waals surface area contributed by atoms with Crippen LogP contribution < -0.4 is 5.32 Å². The normalized spacial score (nSPS) is 16.2. The second-order valence-corrected chi connectivity index (χ2v) is 14.7. The molecule has 0 bridgehead atoms. The molecule has 2 aliphatic heterocycles. The van der Waals surface area contributed by atoms with Crippen molar-refractivity contribution in [2.45, 2.75) is 19.8 Å². The number of quaternary nitrogens is 1. The molecule has 16 heteroatoms. The summed E-state index contributed by atoms with van der Waals surface area (Å²) >= 11 is 6.55. The Bertz CT molecular complexity index is 2200. The number of carbonyl (C=O) groups excluding carboxylic acids is 3. The van der Waals surface area contributed by atoms with E-state index >= 15 is 8.78 Å². The monoisotopic (exact) mass is 745 g/mol. The Hall–Kier alpha value is -5.41. The summed E-state index contributed by atoms with van der Waals surface area (Å²) in [6, 6.07) is 7.49. The zero-order chi connectivity index (χ0) is 37.6. The molecule has 2 N–H and O–H groups in total. The molecule has 2 fully saturated rings. The molecule has 0 atom stereocenters. The molecule has 0 spiro atoms. The Balaban J connectivity index is 0.993. The van der Waals surface area contributed by atoms with Crippen LogP contribution in [-0.4, -0.2) is 115 Å². The van der Waals surface area contributed by atoms with Crippen LogP contribution in [0, 0.1) is 24.5 Å². The van der Waals surface area contributed by atoms with Gasteiger partial charge in [0.25, 0.3) is 11.8 Å². The number of aryl methyl sites for hydroxylation is 1. The minimum absolute atomic E-state index is 0.0354. The van der Waals surface area contributed by atoms with E-state index in [0.717, 1.165) is 30.4 Å². The van der Waals surface area contributed by atoms with E-state index in [2.05, 4.69) is 39.7 Å². The predicted molar refractivity (Wildman–Crippen MR) is 194 cm³/mol. The highest BCUT2D eigenvalue weighted by atomic mass is 35.5. The first-order valence-corrected chi connectivity index (χ1v) is 17.8. The van der Waals surface area contributed by atoms with Crippen LogP contribution in [0.4, 0.5) is 14.5 Å². The van der Waals surface area contributed by atoms with E-state index < -0.39 is 17.5 Å². The Morgan fingerprint density at radius 3 is 2.30 bits per heavy atom. The van der Waals surface area contributed by atoms with Crippen molar-refractivity contribution in [2.75, 3.05) is 58.7 Å². The zero-order valence-corrected chi connectivity index (χ0v) is 30.6. The number of anilines is 1. The van der Waals surface area contributed by atoms with Gasteiger partial charge in [-0.05, 0) is 31.2 Å². The lowest BCUT2D eigenvalue weighted by molar-refractivity contribution is -0.895. The molecule has 2 aliphatic rings. The molecular weight excluding hydrogens is 706 g/mol. The lowest BCUT2D eigenvalue weighted by atomic mass is 9.94. The van der Waals surface area contributed by atoms with Gasteiger partial charge in [-0.3, -0.25) is 19.5 Å². The van der Waals surface area contributed by atoms with Gasteiger partial charge < -0.3 is 24.2 Å². The summed E-state index contributed by atoms with van der Waals surface area (Å²) in [5, 5.41) is 13.8. The van der Waals surface area contributed by atoms with Gasteiger partial charge in [0, 0.05) is 86.8 Å². The molecule has 2 saturated heterocycles. The van der Waals surface area contributed by atoms with E-state index in [1.54, 1.807) is 42.5 Å². The number of carbonyl (C=O) groups is 3. The van der Waals surface area contributed by atoms with Crippen LogP contribution in [0.15, 0.2) is 55.1 Å². The number of aromatic nitrogens is 6. The maximum Gasteiger partial charge on any atom is 0.291 e. The molecule has 5 aromatic rings. The third-order valence-electron chi connectivity index (χ3n) is 10.3. The number of benzene rings is 2. The van der Waals surface area contributed by atoms with E-state index in [9.17, 15) is 14.4 Å². The molecule has 53 heavy (non-hydrogen) atoms. The van der Waals surface area contributed by atoms with Crippen molar-refractivity contribution in [1.82, 2.24) is 39.3 Å². The summed E-state index contributed by atoms with van der Waals surface area (Å²) < 4.78 is 35.0. The summed E-state index contributed by atoms with van der Waals surface area (Å²) in [5.41, 5.74) is 2.30. The van der Waals surface area contributed by atoms with Gasteiger partial charge in [-0.15, -0.1) is 0 Å². The number of halogens is 3. The number of aromatic amines is 1. The highest BCUT2D eigenvalue weighted by Crippen LogP contribution is 2.34. The third-order valence-corrected chi connectivity index (χ3v) is 10.7. The zero-order valence-electron chi connectivity index (χ0n) is 29.9. The molecule has 13 nitrogen and oxygen atoms in total. The number of piperidine rings is 1. The lowest BCUT2D eigenvalue weighted by Gasteiger charge is -2.40. The van der Waals surface area contributed by atoms with Crippen molar-refractivity contribution in [1.29, 1.82) is 0 Å². The van der Waals surface area contributed by atoms with E-state index in [1.165, 1.54) is 40.7 Å².